The highest BCUT2D eigenvalue weighted by molar-refractivity contribution is 7.16. The average Bonchev–Trinajstić information content (AvgIpc) is 3.54. The van der Waals surface area contributed by atoms with Crippen LogP contribution in [0.3, 0.4) is 0 Å². The van der Waals surface area contributed by atoms with Crippen LogP contribution in [0.2, 0.25) is 0 Å². The summed E-state index contributed by atoms with van der Waals surface area (Å²) in [6.07, 6.45) is -6.32. The van der Waals surface area contributed by atoms with Gasteiger partial charge in [-0.2, -0.15) is 13.2 Å². The lowest BCUT2D eigenvalue weighted by Crippen LogP contribution is -2.26. The van der Waals surface area contributed by atoms with Crippen molar-refractivity contribution < 1.29 is 41.0 Å². The number of hydrogen-bond donors (Lipinski definition) is 1. The van der Waals surface area contributed by atoms with Crippen molar-refractivity contribution in [3.05, 3.63) is 69.2 Å². The molecule has 11 nitrogen and oxygen atoms in total. The van der Waals surface area contributed by atoms with Crippen molar-refractivity contribution in [2.45, 2.75) is 32.6 Å². The molecule has 4 aromatic heterocycles. The number of thiazole rings is 1. The molecule has 2 amide bonds. The van der Waals surface area contributed by atoms with Crippen LogP contribution in [0.5, 0.6) is 11.8 Å². The Bertz CT molecular complexity index is 1710. The molecule has 0 spiro atoms. The summed E-state index contributed by atoms with van der Waals surface area (Å²) in [5.74, 6) is -1.77. The number of hydrogen-bond acceptors (Lipinski definition) is 10. The number of halogens is 5. The molecule has 1 aliphatic heterocycles. The topological polar surface area (TPSA) is 132 Å². The van der Waals surface area contributed by atoms with Crippen LogP contribution in [0.1, 0.15) is 54.8 Å². The molecule has 224 valence electrons. The van der Waals surface area contributed by atoms with Gasteiger partial charge in [-0.05, 0) is 31.2 Å². The first-order valence-electron chi connectivity index (χ1n) is 12.3. The monoisotopic (exact) mass is 621 g/mol. The molecular formula is C26H20F5N7O4S. The van der Waals surface area contributed by atoms with Gasteiger partial charge >= 0.3 is 6.18 Å². The van der Waals surface area contributed by atoms with Crippen molar-refractivity contribution >= 4 is 28.3 Å². The van der Waals surface area contributed by atoms with E-state index in [9.17, 15) is 31.5 Å². The molecule has 0 aliphatic carbocycles. The lowest BCUT2D eigenvalue weighted by Gasteiger charge is -2.17. The maximum atomic E-state index is 13.4. The van der Waals surface area contributed by atoms with E-state index in [2.05, 4.69) is 30.5 Å². The molecule has 0 fully saturated rings. The maximum Gasteiger partial charge on any atom is 0.433 e. The molecule has 1 N–H and O–H groups in total. The van der Waals surface area contributed by atoms with E-state index in [0.717, 1.165) is 30.6 Å². The van der Waals surface area contributed by atoms with Crippen molar-refractivity contribution in [3.8, 4) is 22.9 Å². The van der Waals surface area contributed by atoms with Gasteiger partial charge < -0.3 is 14.4 Å². The molecule has 0 atom stereocenters. The molecule has 0 unspecified atom stereocenters. The van der Waals surface area contributed by atoms with Gasteiger partial charge in [-0.15, -0.1) is 10.2 Å². The average molecular weight is 622 g/mol. The van der Waals surface area contributed by atoms with E-state index in [1.165, 1.54) is 24.3 Å². The van der Waals surface area contributed by atoms with Crippen LogP contribution in [0.25, 0.3) is 11.1 Å². The van der Waals surface area contributed by atoms with Crippen LogP contribution in [0.15, 0.2) is 30.5 Å². The summed E-state index contributed by atoms with van der Waals surface area (Å²) in [7, 11) is 2.41. The second-order valence-corrected chi connectivity index (χ2v) is 10.2. The Kier molecular flexibility index (Phi) is 7.92. The Balaban J connectivity index is 1.35. The molecule has 1 aliphatic rings. The third-order valence-electron chi connectivity index (χ3n) is 6.31. The Hall–Kier alpha value is -4.80. The number of nitrogens with zero attached hydrogens (tertiary/aromatic N) is 6. The van der Waals surface area contributed by atoms with Gasteiger partial charge in [0, 0.05) is 23.0 Å². The van der Waals surface area contributed by atoms with Crippen LogP contribution in [0.4, 0.5) is 27.1 Å². The second kappa shape index (κ2) is 11.5. The maximum absolute atomic E-state index is 13.4. The predicted molar refractivity (Wildman–Crippen MR) is 141 cm³/mol. The number of ether oxygens (including phenoxy) is 2. The zero-order chi connectivity index (χ0) is 31.1. The lowest BCUT2D eigenvalue weighted by atomic mass is 10.0. The van der Waals surface area contributed by atoms with Gasteiger partial charge in [0.1, 0.15) is 17.0 Å². The minimum absolute atomic E-state index is 0.0261. The second-order valence-electron chi connectivity index (χ2n) is 9.12. The normalized spacial score (nSPS) is 12.8. The third-order valence-corrected chi connectivity index (χ3v) is 7.30. The fourth-order valence-corrected chi connectivity index (χ4v) is 5.28. The van der Waals surface area contributed by atoms with Crippen molar-refractivity contribution in [1.29, 1.82) is 0 Å². The Morgan fingerprint density at radius 2 is 1.74 bits per heavy atom. The van der Waals surface area contributed by atoms with Gasteiger partial charge in [-0.25, -0.2) is 18.7 Å². The number of rotatable bonds is 7. The number of carbonyl (C=O) groups excluding carboxylic acids is 2. The predicted octanol–water partition coefficient (Wildman–Crippen LogP) is 5.08. The number of amides is 2. The first kappa shape index (κ1) is 29.7. The number of fused-ring (bicyclic) bond motifs is 1. The van der Waals surface area contributed by atoms with E-state index in [1.807, 2.05) is 0 Å². The minimum Gasteiger partial charge on any atom is -0.480 e. The molecule has 0 aromatic carbocycles. The van der Waals surface area contributed by atoms with Crippen LogP contribution < -0.4 is 14.8 Å². The summed E-state index contributed by atoms with van der Waals surface area (Å²) in [6.45, 7) is 1.77. The van der Waals surface area contributed by atoms with Gasteiger partial charge in [0.2, 0.25) is 11.8 Å². The smallest absolute Gasteiger partial charge is 0.433 e. The summed E-state index contributed by atoms with van der Waals surface area (Å²) in [5.41, 5.74) is -0.565. The van der Waals surface area contributed by atoms with Crippen molar-refractivity contribution in [1.82, 2.24) is 30.0 Å². The van der Waals surface area contributed by atoms with Gasteiger partial charge in [0.25, 0.3) is 18.2 Å². The number of carbonyl (C=O) groups is 2. The number of methoxy groups -OCH3 is 2. The number of nitrogens with one attached hydrogen (secondary N) is 1. The number of alkyl halides is 5. The Labute approximate surface area is 243 Å². The quantitative estimate of drug-likeness (QED) is 0.281. The summed E-state index contributed by atoms with van der Waals surface area (Å²) >= 11 is 1.10. The van der Waals surface area contributed by atoms with E-state index in [4.69, 9.17) is 9.47 Å². The SMILES string of the molecule is COc1nc(C(F)(F)F)ccc1C(=O)N1Cc2nc(NC(=O)c3cnc(C)cc3-c3cc(C(F)F)nnc3OC)sc2C1. The standard InChI is InChI=1S/C26H20F5N7O4S/c1-11-6-13(14-7-16(20(27)28)36-37-23(14)42-3)15(8-32-11)21(39)35-25-33-17-9-38(10-18(17)43-25)24(40)12-4-5-19(26(29,30)31)34-22(12)41-2/h4-8,20H,9-10H2,1-3H3,(H,33,35,39). The van der Waals surface area contributed by atoms with Gasteiger partial charge in [-0.1, -0.05) is 11.3 Å². The summed E-state index contributed by atoms with van der Waals surface area (Å²) < 4.78 is 75.9. The van der Waals surface area contributed by atoms with Crippen molar-refractivity contribution in [3.63, 3.8) is 0 Å². The fourth-order valence-electron chi connectivity index (χ4n) is 4.30. The zero-order valence-electron chi connectivity index (χ0n) is 22.5. The Morgan fingerprint density at radius 3 is 2.40 bits per heavy atom. The van der Waals surface area contributed by atoms with Crippen molar-refractivity contribution in [2.75, 3.05) is 19.5 Å². The van der Waals surface area contributed by atoms with Crippen LogP contribution >= 0.6 is 11.3 Å². The molecule has 0 saturated carbocycles. The van der Waals surface area contributed by atoms with Crippen LogP contribution in [-0.2, 0) is 19.3 Å². The fraction of sp³-hybridized carbons (Fsp3) is 0.269. The molecule has 17 heteroatoms. The first-order valence-corrected chi connectivity index (χ1v) is 13.1. The van der Waals surface area contributed by atoms with E-state index >= 15 is 0 Å². The van der Waals surface area contributed by atoms with Gasteiger partial charge in [0.05, 0.1) is 43.4 Å². The highest BCUT2D eigenvalue weighted by Gasteiger charge is 2.35. The third kappa shape index (κ3) is 5.93. The number of aromatic nitrogens is 5. The molecule has 0 bridgehead atoms. The van der Waals surface area contributed by atoms with E-state index in [1.54, 1.807) is 6.92 Å². The molecule has 0 saturated heterocycles. The largest absolute Gasteiger partial charge is 0.480 e. The molecule has 0 radical (unpaired) electrons. The van der Waals surface area contributed by atoms with E-state index < -0.39 is 41.7 Å². The first-order chi connectivity index (χ1) is 20.4. The summed E-state index contributed by atoms with van der Waals surface area (Å²) in [6, 6.07) is 4.33. The molecular weight excluding hydrogens is 601 g/mol. The highest BCUT2D eigenvalue weighted by atomic mass is 32.1. The van der Waals surface area contributed by atoms with Crippen LogP contribution in [-0.4, -0.2) is 56.1 Å². The van der Waals surface area contributed by atoms with Gasteiger partial charge in [-0.3, -0.25) is 19.9 Å². The minimum atomic E-state index is -4.71. The van der Waals surface area contributed by atoms with E-state index in [0.29, 0.717) is 22.3 Å². The Morgan fingerprint density at radius 1 is 1.00 bits per heavy atom. The van der Waals surface area contributed by atoms with Crippen molar-refractivity contribution in [2.24, 2.45) is 0 Å². The summed E-state index contributed by atoms with van der Waals surface area (Å²) in [5, 5.41) is 10.0. The van der Waals surface area contributed by atoms with Gasteiger partial charge in [0.15, 0.2) is 5.13 Å². The number of pyridine rings is 2. The number of anilines is 1. The molecule has 5 rings (SSSR count). The molecule has 4 aromatic rings. The molecule has 43 heavy (non-hydrogen) atoms. The lowest BCUT2D eigenvalue weighted by molar-refractivity contribution is -0.141. The van der Waals surface area contributed by atoms with Crippen LogP contribution in [0, 0.1) is 6.92 Å². The number of aryl methyl sites for hydroxylation is 1. The van der Waals surface area contributed by atoms with E-state index in [-0.39, 0.29) is 46.4 Å². The molecule has 5 heterocycles. The zero-order valence-corrected chi connectivity index (χ0v) is 23.3. The highest BCUT2D eigenvalue weighted by Crippen LogP contribution is 2.36. The summed E-state index contributed by atoms with van der Waals surface area (Å²) in [4.78, 5) is 40.4.